The maximum absolute atomic E-state index is 11.5. The minimum atomic E-state index is -0.941. The molecule has 3 aromatic rings. The van der Waals surface area contributed by atoms with E-state index in [2.05, 4.69) is 0 Å². The van der Waals surface area contributed by atoms with Crippen molar-refractivity contribution in [3.8, 4) is 5.75 Å². The molecule has 0 radical (unpaired) electrons. The molecule has 0 aliphatic carbocycles. The van der Waals surface area contributed by atoms with Crippen LogP contribution < -0.4 is 4.74 Å². The number of aromatic carboxylic acids is 1. The van der Waals surface area contributed by atoms with E-state index in [0.29, 0.717) is 12.3 Å². The summed E-state index contributed by atoms with van der Waals surface area (Å²) in [5.41, 5.74) is 2.11. The van der Waals surface area contributed by atoms with Crippen LogP contribution in [0.15, 0.2) is 54.6 Å². The minimum Gasteiger partial charge on any atom is -0.495 e. The number of carbonyl (C=O) groups is 1. The lowest BCUT2D eigenvalue weighted by Gasteiger charge is -2.11. The summed E-state index contributed by atoms with van der Waals surface area (Å²) in [5, 5.41) is 10.3. The van der Waals surface area contributed by atoms with Crippen LogP contribution in [0.25, 0.3) is 10.9 Å². The quantitative estimate of drug-likeness (QED) is 0.797. The Balaban J connectivity index is 2.22. The fraction of sp³-hybridized carbons (Fsp3) is 0.118. The van der Waals surface area contributed by atoms with Crippen molar-refractivity contribution in [2.24, 2.45) is 0 Å². The van der Waals surface area contributed by atoms with Gasteiger partial charge in [-0.05, 0) is 17.7 Å². The number of rotatable bonds is 4. The molecule has 0 spiro atoms. The minimum absolute atomic E-state index is 0.262. The summed E-state index contributed by atoms with van der Waals surface area (Å²) in [6.45, 7) is 0.492. The first kappa shape index (κ1) is 13.2. The third-order valence-electron chi connectivity index (χ3n) is 3.51. The second kappa shape index (κ2) is 5.32. The van der Waals surface area contributed by atoms with Crippen LogP contribution in [-0.2, 0) is 6.54 Å². The fourth-order valence-electron chi connectivity index (χ4n) is 2.56. The topological polar surface area (TPSA) is 51.5 Å². The number of ether oxygens (including phenoxy) is 1. The maximum atomic E-state index is 11.5. The zero-order valence-electron chi connectivity index (χ0n) is 11.6. The van der Waals surface area contributed by atoms with Gasteiger partial charge >= 0.3 is 5.97 Å². The van der Waals surface area contributed by atoms with E-state index < -0.39 is 5.97 Å². The summed E-state index contributed by atoms with van der Waals surface area (Å²) in [4.78, 5) is 11.5. The molecule has 4 heteroatoms. The Morgan fingerprint density at radius 3 is 2.57 bits per heavy atom. The van der Waals surface area contributed by atoms with Gasteiger partial charge in [0, 0.05) is 11.9 Å². The Kier molecular flexibility index (Phi) is 3.36. The molecule has 0 saturated carbocycles. The Morgan fingerprint density at radius 1 is 1.14 bits per heavy atom. The van der Waals surface area contributed by atoms with Crippen LogP contribution in [0, 0.1) is 0 Å². The van der Waals surface area contributed by atoms with Crippen molar-refractivity contribution < 1.29 is 14.6 Å². The Labute approximate surface area is 122 Å². The van der Waals surface area contributed by atoms with E-state index in [1.165, 1.54) is 0 Å². The van der Waals surface area contributed by atoms with Gasteiger partial charge in [0.25, 0.3) is 0 Å². The first-order valence-electron chi connectivity index (χ1n) is 6.64. The van der Waals surface area contributed by atoms with Gasteiger partial charge in [0.15, 0.2) is 0 Å². The molecule has 0 aliphatic heterocycles. The number of para-hydroxylation sites is 1. The number of hydrogen-bond acceptors (Lipinski definition) is 2. The van der Waals surface area contributed by atoms with Gasteiger partial charge in [-0.3, -0.25) is 0 Å². The number of fused-ring (bicyclic) bond motifs is 1. The third-order valence-corrected chi connectivity index (χ3v) is 3.51. The number of carboxylic acid groups (broad SMARTS) is 1. The molecule has 2 aromatic carbocycles. The van der Waals surface area contributed by atoms with Gasteiger partial charge in [0.2, 0.25) is 0 Å². The SMILES string of the molecule is COc1cccc2cc(C(=O)O)n(Cc3ccccc3)c12. The average Bonchev–Trinajstić information content (AvgIpc) is 2.87. The number of benzene rings is 2. The smallest absolute Gasteiger partial charge is 0.352 e. The van der Waals surface area contributed by atoms with Gasteiger partial charge in [0.1, 0.15) is 11.4 Å². The molecule has 1 aromatic heterocycles. The lowest BCUT2D eigenvalue weighted by Crippen LogP contribution is -2.09. The van der Waals surface area contributed by atoms with Crippen molar-refractivity contribution in [1.29, 1.82) is 0 Å². The van der Waals surface area contributed by atoms with Crippen molar-refractivity contribution in [1.82, 2.24) is 4.57 Å². The highest BCUT2D eigenvalue weighted by Crippen LogP contribution is 2.29. The maximum Gasteiger partial charge on any atom is 0.352 e. The zero-order valence-corrected chi connectivity index (χ0v) is 11.6. The molecule has 21 heavy (non-hydrogen) atoms. The number of methoxy groups -OCH3 is 1. The van der Waals surface area contributed by atoms with Crippen LogP contribution in [-0.4, -0.2) is 22.8 Å². The van der Waals surface area contributed by atoms with Crippen molar-refractivity contribution in [3.05, 3.63) is 65.9 Å². The van der Waals surface area contributed by atoms with Crippen LogP contribution >= 0.6 is 0 Å². The first-order chi connectivity index (χ1) is 10.2. The average molecular weight is 281 g/mol. The summed E-state index contributed by atoms with van der Waals surface area (Å²) in [5.74, 6) is -0.264. The lowest BCUT2D eigenvalue weighted by molar-refractivity contribution is 0.0686. The molecule has 0 bridgehead atoms. The van der Waals surface area contributed by atoms with E-state index in [9.17, 15) is 9.90 Å². The molecule has 0 fully saturated rings. The van der Waals surface area contributed by atoms with E-state index in [-0.39, 0.29) is 5.69 Å². The highest BCUT2D eigenvalue weighted by atomic mass is 16.5. The normalized spacial score (nSPS) is 10.7. The molecule has 0 atom stereocenters. The summed E-state index contributed by atoms with van der Waals surface area (Å²) in [6, 6.07) is 17.1. The molecule has 106 valence electrons. The van der Waals surface area contributed by atoms with E-state index in [1.807, 2.05) is 48.5 Å². The molecular formula is C17H15NO3. The highest BCUT2D eigenvalue weighted by Gasteiger charge is 2.17. The zero-order chi connectivity index (χ0) is 14.8. The van der Waals surface area contributed by atoms with Crippen LogP contribution in [0.4, 0.5) is 0 Å². The molecule has 0 saturated heterocycles. The number of nitrogens with zero attached hydrogens (tertiary/aromatic N) is 1. The van der Waals surface area contributed by atoms with Crippen molar-refractivity contribution in [2.45, 2.75) is 6.54 Å². The van der Waals surface area contributed by atoms with Crippen LogP contribution in [0.1, 0.15) is 16.1 Å². The number of carboxylic acids is 1. The summed E-state index contributed by atoms with van der Waals surface area (Å²) in [6.07, 6.45) is 0. The highest BCUT2D eigenvalue weighted by molar-refractivity contribution is 5.96. The van der Waals surface area contributed by atoms with Crippen molar-refractivity contribution in [3.63, 3.8) is 0 Å². The van der Waals surface area contributed by atoms with Gasteiger partial charge in [-0.1, -0.05) is 42.5 Å². The Hall–Kier alpha value is -2.75. The molecule has 1 heterocycles. The first-order valence-corrected chi connectivity index (χ1v) is 6.64. The van der Waals surface area contributed by atoms with Gasteiger partial charge in [-0.15, -0.1) is 0 Å². The lowest BCUT2D eigenvalue weighted by atomic mass is 10.2. The van der Waals surface area contributed by atoms with Crippen LogP contribution in [0.5, 0.6) is 5.75 Å². The molecule has 3 rings (SSSR count). The fourth-order valence-corrected chi connectivity index (χ4v) is 2.56. The Morgan fingerprint density at radius 2 is 1.90 bits per heavy atom. The molecule has 4 nitrogen and oxygen atoms in total. The Bertz CT molecular complexity index is 790. The second-order valence-corrected chi connectivity index (χ2v) is 4.80. The summed E-state index contributed by atoms with van der Waals surface area (Å²) < 4.78 is 7.17. The molecule has 1 N–H and O–H groups in total. The predicted octanol–water partition coefficient (Wildman–Crippen LogP) is 3.40. The van der Waals surface area contributed by atoms with Gasteiger partial charge in [-0.25, -0.2) is 4.79 Å². The molecule has 0 aliphatic rings. The number of hydrogen-bond donors (Lipinski definition) is 1. The summed E-state index contributed by atoms with van der Waals surface area (Å²) >= 11 is 0. The van der Waals surface area contributed by atoms with E-state index in [4.69, 9.17) is 4.74 Å². The van der Waals surface area contributed by atoms with Gasteiger partial charge in [-0.2, -0.15) is 0 Å². The van der Waals surface area contributed by atoms with Crippen molar-refractivity contribution in [2.75, 3.05) is 7.11 Å². The summed E-state index contributed by atoms with van der Waals surface area (Å²) in [7, 11) is 1.59. The second-order valence-electron chi connectivity index (χ2n) is 4.80. The van der Waals surface area contributed by atoms with E-state index in [0.717, 1.165) is 16.5 Å². The van der Waals surface area contributed by atoms with Crippen molar-refractivity contribution >= 4 is 16.9 Å². The predicted molar refractivity (Wildman–Crippen MR) is 81.0 cm³/mol. The molecule has 0 unspecified atom stereocenters. The monoisotopic (exact) mass is 281 g/mol. The van der Waals surface area contributed by atoms with E-state index >= 15 is 0 Å². The van der Waals surface area contributed by atoms with Crippen LogP contribution in [0.2, 0.25) is 0 Å². The molecule has 0 amide bonds. The van der Waals surface area contributed by atoms with Gasteiger partial charge < -0.3 is 14.4 Å². The van der Waals surface area contributed by atoms with Crippen LogP contribution in [0.3, 0.4) is 0 Å². The van der Waals surface area contributed by atoms with Gasteiger partial charge in [0.05, 0.1) is 12.6 Å². The van der Waals surface area contributed by atoms with E-state index in [1.54, 1.807) is 17.7 Å². The third kappa shape index (κ3) is 2.36. The standard InChI is InChI=1S/C17H15NO3/c1-21-15-9-5-8-13-10-14(17(19)20)18(16(13)15)11-12-6-3-2-4-7-12/h2-10H,11H2,1H3,(H,19,20). The molecular weight excluding hydrogens is 266 g/mol. The largest absolute Gasteiger partial charge is 0.495 e. The number of aromatic nitrogens is 1.